The zero-order chi connectivity index (χ0) is 16.7. The second kappa shape index (κ2) is 5.34. The third-order valence-corrected chi connectivity index (χ3v) is 3.79. The molecule has 3 aromatic heterocycles. The third-order valence-electron chi connectivity index (χ3n) is 3.79. The number of aromatic amines is 2. The van der Waals surface area contributed by atoms with Gasteiger partial charge < -0.3 is 9.97 Å². The van der Waals surface area contributed by atoms with Crippen molar-refractivity contribution < 1.29 is 0 Å². The molecule has 0 saturated carbocycles. The molecule has 8 heteroatoms. The number of hydrogen-bond acceptors (Lipinski definition) is 4. The highest BCUT2D eigenvalue weighted by Crippen LogP contribution is 2.12. The molecule has 0 aliphatic carbocycles. The minimum absolute atomic E-state index is 0.127. The number of aryl methyl sites for hydroxylation is 1. The molecule has 4 aromatic rings. The summed E-state index contributed by atoms with van der Waals surface area (Å²) in [6.45, 7) is 0. The van der Waals surface area contributed by atoms with Crippen molar-refractivity contribution in [3.05, 3.63) is 74.8 Å². The molecule has 8 nitrogen and oxygen atoms in total. The van der Waals surface area contributed by atoms with Crippen LogP contribution in [0.1, 0.15) is 11.3 Å². The first kappa shape index (κ1) is 14.2. The van der Waals surface area contributed by atoms with Crippen molar-refractivity contribution in [2.75, 3.05) is 0 Å². The quantitative estimate of drug-likeness (QED) is 0.580. The van der Waals surface area contributed by atoms with E-state index in [9.17, 15) is 9.59 Å². The number of H-pyrrole nitrogens is 2. The smallest absolute Gasteiger partial charge is 0.306 e. The summed E-state index contributed by atoms with van der Waals surface area (Å²) in [5, 5.41) is 8.51. The number of nitrogens with one attached hydrogen (secondary N) is 2. The van der Waals surface area contributed by atoms with Crippen LogP contribution in [0.25, 0.3) is 16.7 Å². The highest BCUT2D eigenvalue weighted by Gasteiger charge is 2.08. The molecule has 120 valence electrons. The zero-order valence-corrected chi connectivity index (χ0v) is 12.9. The van der Waals surface area contributed by atoms with Gasteiger partial charge in [-0.3, -0.25) is 9.48 Å². The van der Waals surface area contributed by atoms with Crippen molar-refractivity contribution in [3.63, 3.8) is 0 Å². The molecule has 0 spiro atoms. The van der Waals surface area contributed by atoms with Gasteiger partial charge in [0.25, 0.3) is 0 Å². The Morgan fingerprint density at radius 1 is 1.12 bits per heavy atom. The van der Waals surface area contributed by atoms with Gasteiger partial charge in [0.1, 0.15) is 11.4 Å². The number of aromatic nitrogens is 6. The lowest BCUT2D eigenvalue weighted by atomic mass is 10.1. The highest BCUT2D eigenvalue weighted by molar-refractivity contribution is 5.75. The molecule has 0 radical (unpaired) electrons. The largest absolute Gasteiger partial charge is 0.323 e. The molecule has 0 fully saturated rings. The lowest BCUT2D eigenvalue weighted by Crippen LogP contribution is -2.16. The maximum absolute atomic E-state index is 12.1. The third kappa shape index (κ3) is 2.54. The van der Waals surface area contributed by atoms with Crippen LogP contribution in [0.2, 0.25) is 0 Å². The molecule has 0 amide bonds. The first-order valence-corrected chi connectivity index (χ1v) is 7.37. The average Bonchev–Trinajstić information content (AvgIpc) is 3.14. The Labute approximate surface area is 135 Å². The van der Waals surface area contributed by atoms with Crippen LogP contribution in [0.4, 0.5) is 0 Å². The number of rotatable bonds is 3. The summed E-state index contributed by atoms with van der Waals surface area (Å²) in [6, 6.07) is 7.02. The molecule has 1 aromatic carbocycles. The van der Waals surface area contributed by atoms with E-state index in [2.05, 4.69) is 20.2 Å². The van der Waals surface area contributed by atoms with Crippen molar-refractivity contribution in [1.29, 1.82) is 0 Å². The summed E-state index contributed by atoms with van der Waals surface area (Å²) in [6.07, 6.45) is 5.49. The molecule has 24 heavy (non-hydrogen) atoms. The van der Waals surface area contributed by atoms with Gasteiger partial charge in [0.05, 0.1) is 23.4 Å². The van der Waals surface area contributed by atoms with E-state index in [0.29, 0.717) is 17.6 Å². The maximum Gasteiger partial charge on any atom is 0.323 e. The predicted molar refractivity (Wildman–Crippen MR) is 88.3 cm³/mol. The van der Waals surface area contributed by atoms with Gasteiger partial charge in [-0.05, 0) is 17.7 Å². The molecular formula is C16H14N6O2. The number of benzene rings is 1. The lowest BCUT2D eigenvalue weighted by Gasteiger charge is -2.05. The van der Waals surface area contributed by atoms with E-state index in [1.54, 1.807) is 21.8 Å². The Bertz CT molecular complexity index is 1150. The van der Waals surface area contributed by atoms with Crippen LogP contribution in [0.5, 0.6) is 0 Å². The minimum Gasteiger partial charge on any atom is -0.306 e. The Morgan fingerprint density at radius 3 is 2.75 bits per heavy atom. The van der Waals surface area contributed by atoms with Gasteiger partial charge in [0.2, 0.25) is 5.43 Å². The van der Waals surface area contributed by atoms with Crippen LogP contribution in [-0.4, -0.2) is 29.5 Å². The van der Waals surface area contributed by atoms with E-state index in [1.807, 2.05) is 31.4 Å². The van der Waals surface area contributed by atoms with Crippen LogP contribution in [0, 0.1) is 0 Å². The van der Waals surface area contributed by atoms with Crippen molar-refractivity contribution >= 4 is 11.0 Å². The number of imidazole rings is 1. The average molecular weight is 322 g/mol. The van der Waals surface area contributed by atoms with Gasteiger partial charge in [0.15, 0.2) is 0 Å². The van der Waals surface area contributed by atoms with Crippen LogP contribution < -0.4 is 11.1 Å². The summed E-state index contributed by atoms with van der Waals surface area (Å²) in [7, 11) is 1.82. The molecule has 4 rings (SSSR count). The fraction of sp³-hybridized carbons (Fsp3) is 0.125. The second-order valence-electron chi connectivity index (χ2n) is 5.58. The summed E-state index contributed by atoms with van der Waals surface area (Å²) in [4.78, 5) is 28.9. The number of hydrogen-bond donors (Lipinski definition) is 2. The standard InChI is InChI=1S/C16H14N6O2/c1-21-9-11(8-17-21)22-5-4-15(23)14(20-22)7-10-2-3-12-13(6-10)19-16(24)18-12/h2-6,8-9H,7H2,1H3,(H2,18,19,24). The van der Waals surface area contributed by atoms with E-state index in [-0.39, 0.29) is 11.1 Å². The zero-order valence-electron chi connectivity index (χ0n) is 12.9. The predicted octanol–water partition coefficient (Wildman–Crippen LogP) is 0.726. The fourth-order valence-electron chi connectivity index (χ4n) is 2.62. The van der Waals surface area contributed by atoms with Crippen LogP contribution in [-0.2, 0) is 13.5 Å². The van der Waals surface area contributed by atoms with Crippen molar-refractivity contribution in [2.45, 2.75) is 6.42 Å². The molecular weight excluding hydrogens is 308 g/mol. The Morgan fingerprint density at radius 2 is 1.96 bits per heavy atom. The lowest BCUT2D eigenvalue weighted by molar-refractivity contribution is 0.762. The van der Waals surface area contributed by atoms with Crippen molar-refractivity contribution in [1.82, 2.24) is 29.5 Å². The van der Waals surface area contributed by atoms with Crippen LogP contribution in [0.3, 0.4) is 0 Å². The van der Waals surface area contributed by atoms with E-state index < -0.39 is 0 Å². The Hall–Kier alpha value is -3.42. The van der Waals surface area contributed by atoms with Gasteiger partial charge >= 0.3 is 5.69 Å². The number of nitrogens with zero attached hydrogens (tertiary/aromatic N) is 4. The first-order chi connectivity index (χ1) is 11.6. The molecule has 0 bridgehead atoms. The maximum atomic E-state index is 12.1. The van der Waals surface area contributed by atoms with Gasteiger partial charge in [0, 0.05) is 25.7 Å². The monoisotopic (exact) mass is 322 g/mol. The van der Waals surface area contributed by atoms with E-state index in [1.165, 1.54) is 6.07 Å². The first-order valence-electron chi connectivity index (χ1n) is 7.37. The minimum atomic E-state index is -0.251. The summed E-state index contributed by atoms with van der Waals surface area (Å²) >= 11 is 0. The highest BCUT2D eigenvalue weighted by atomic mass is 16.1. The van der Waals surface area contributed by atoms with Gasteiger partial charge in [-0.25, -0.2) is 9.48 Å². The van der Waals surface area contributed by atoms with E-state index in [0.717, 1.165) is 16.8 Å². The second-order valence-corrected chi connectivity index (χ2v) is 5.58. The molecule has 0 atom stereocenters. The molecule has 2 N–H and O–H groups in total. The van der Waals surface area contributed by atoms with Gasteiger partial charge in [-0.2, -0.15) is 10.2 Å². The molecule has 0 saturated heterocycles. The molecule has 0 aliphatic rings. The molecule has 3 heterocycles. The van der Waals surface area contributed by atoms with E-state index in [4.69, 9.17) is 0 Å². The van der Waals surface area contributed by atoms with Gasteiger partial charge in [-0.1, -0.05) is 6.07 Å². The Kier molecular flexibility index (Phi) is 3.16. The van der Waals surface area contributed by atoms with E-state index >= 15 is 0 Å². The van der Waals surface area contributed by atoms with Crippen molar-refractivity contribution in [2.24, 2.45) is 7.05 Å². The fourth-order valence-corrected chi connectivity index (χ4v) is 2.62. The van der Waals surface area contributed by atoms with Crippen LogP contribution in [0.15, 0.2) is 52.4 Å². The SMILES string of the molecule is Cn1cc(-n2ccc(=O)c(Cc3ccc4[nH]c(=O)[nH]c4c3)n2)cn1. The Balaban J connectivity index is 1.72. The summed E-state index contributed by atoms with van der Waals surface area (Å²) in [5.41, 5.74) is 3.17. The summed E-state index contributed by atoms with van der Waals surface area (Å²) in [5.74, 6) is 0. The normalized spacial score (nSPS) is 11.2. The van der Waals surface area contributed by atoms with Crippen LogP contribution >= 0.6 is 0 Å². The van der Waals surface area contributed by atoms with Gasteiger partial charge in [-0.15, -0.1) is 0 Å². The number of fused-ring (bicyclic) bond motifs is 1. The topological polar surface area (TPSA) is 101 Å². The summed E-state index contributed by atoms with van der Waals surface area (Å²) < 4.78 is 3.30. The molecule has 0 aliphatic heterocycles. The van der Waals surface area contributed by atoms with Crippen molar-refractivity contribution in [3.8, 4) is 5.69 Å². The molecule has 0 unspecified atom stereocenters.